The minimum atomic E-state index is 0.492. The average Bonchev–Trinajstić information content (AvgIpc) is 2.63. The summed E-state index contributed by atoms with van der Waals surface area (Å²) in [5.41, 5.74) is 0. The van der Waals surface area contributed by atoms with Crippen LogP contribution in [0.3, 0.4) is 0 Å². The fraction of sp³-hybridized carbons (Fsp3) is 0.875. The molecule has 0 heterocycles. The minimum absolute atomic E-state index is 0.492. The minimum Gasteiger partial charge on any atom is -0.378 e. The van der Waals surface area contributed by atoms with Crippen LogP contribution in [0, 0.1) is 12.8 Å². The van der Waals surface area contributed by atoms with Crippen molar-refractivity contribution in [1.29, 1.82) is 0 Å². The zero-order valence-electron chi connectivity index (χ0n) is 6.10. The monoisotopic (exact) mass is 127 g/mol. The Labute approximate surface area is 57.4 Å². The smallest absolute Gasteiger partial charge is 0.0575 e. The van der Waals surface area contributed by atoms with Crippen molar-refractivity contribution >= 4 is 0 Å². The van der Waals surface area contributed by atoms with Crippen molar-refractivity contribution < 1.29 is 4.74 Å². The Morgan fingerprint density at radius 1 is 1.67 bits per heavy atom. The van der Waals surface area contributed by atoms with Crippen molar-refractivity contribution in [2.75, 3.05) is 6.61 Å². The maximum atomic E-state index is 5.45. The quantitative estimate of drug-likeness (QED) is 0.561. The molecular weight excluding hydrogens is 112 g/mol. The lowest BCUT2D eigenvalue weighted by Gasteiger charge is -2.09. The van der Waals surface area contributed by atoms with Gasteiger partial charge in [0, 0.05) is 6.61 Å². The average molecular weight is 127 g/mol. The molecule has 1 aliphatic rings. The van der Waals surface area contributed by atoms with E-state index in [4.69, 9.17) is 4.74 Å². The summed E-state index contributed by atoms with van der Waals surface area (Å²) in [6.45, 7) is 6.70. The molecule has 1 unspecified atom stereocenters. The van der Waals surface area contributed by atoms with E-state index >= 15 is 0 Å². The Bertz CT molecular complexity index is 76.6. The van der Waals surface area contributed by atoms with Crippen LogP contribution in [0.2, 0.25) is 0 Å². The molecule has 1 nitrogen and oxygen atoms in total. The lowest BCUT2D eigenvalue weighted by atomic mass is 10.3. The molecule has 1 aliphatic carbocycles. The van der Waals surface area contributed by atoms with E-state index < -0.39 is 0 Å². The zero-order chi connectivity index (χ0) is 6.69. The van der Waals surface area contributed by atoms with Crippen LogP contribution in [0.15, 0.2) is 0 Å². The molecule has 0 aromatic carbocycles. The summed E-state index contributed by atoms with van der Waals surface area (Å²) in [7, 11) is 0. The SMILES string of the molecule is [CH2]CCOC(C)C1CC1. The summed E-state index contributed by atoms with van der Waals surface area (Å²) < 4.78 is 5.45. The normalized spacial score (nSPS) is 22.0. The molecule has 1 atom stereocenters. The number of hydrogen-bond acceptors (Lipinski definition) is 1. The van der Waals surface area contributed by atoms with Crippen molar-refractivity contribution in [3.05, 3.63) is 6.92 Å². The van der Waals surface area contributed by atoms with Gasteiger partial charge in [-0.3, -0.25) is 0 Å². The largest absolute Gasteiger partial charge is 0.378 e. The van der Waals surface area contributed by atoms with Gasteiger partial charge in [-0.25, -0.2) is 0 Å². The van der Waals surface area contributed by atoms with E-state index in [9.17, 15) is 0 Å². The molecule has 1 saturated carbocycles. The Morgan fingerprint density at radius 2 is 2.33 bits per heavy atom. The molecule has 0 amide bonds. The van der Waals surface area contributed by atoms with Gasteiger partial charge in [-0.15, -0.1) is 0 Å². The summed E-state index contributed by atoms with van der Waals surface area (Å²) in [4.78, 5) is 0. The van der Waals surface area contributed by atoms with Gasteiger partial charge in [0.15, 0.2) is 0 Å². The molecule has 9 heavy (non-hydrogen) atoms. The fourth-order valence-corrected chi connectivity index (χ4v) is 0.971. The van der Waals surface area contributed by atoms with Gasteiger partial charge in [0.1, 0.15) is 0 Å². The van der Waals surface area contributed by atoms with Crippen LogP contribution in [0.25, 0.3) is 0 Å². The van der Waals surface area contributed by atoms with Crippen LogP contribution in [-0.4, -0.2) is 12.7 Å². The van der Waals surface area contributed by atoms with Crippen molar-refractivity contribution in [2.45, 2.75) is 32.3 Å². The number of rotatable bonds is 4. The lowest BCUT2D eigenvalue weighted by molar-refractivity contribution is 0.0542. The van der Waals surface area contributed by atoms with Gasteiger partial charge < -0.3 is 4.74 Å². The first-order valence-corrected chi connectivity index (χ1v) is 3.75. The molecule has 0 aliphatic heterocycles. The standard InChI is InChI=1S/C8H15O/c1-3-6-9-7(2)8-4-5-8/h7-8H,1,3-6H2,2H3. The topological polar surface area (TPSA) is 9.23 Å². The molecule has 1 fully saturated rings. The van der Waals surface area contributed by atoms with E-state index in [0.29, 0.717) is 6.10 Å². The van der Waals surface area contributed by atoms with Crippen LogP contribution in [0.5, 0.6) is 0 Å². The van der Waals surface area contributed by atoms with Gasteiger partial charge in [0.2, 0.25) is 0 Å². The van der Waals surface area contributed by atoms with Crippen molar-refractivity contribution in [3.63, 3.8) is 0 Å². The van der Waals surface area contributed by atoms with Gasteiger partial charge in [0.25, 0.3) is 0 Å². The first kappa shape index (κ1) is 7.07. The summed E-state index contributed by atoms with van der Waals surface area (Å²) in [5.74, 6) is 0.872. The van der Waals surface area contributed by atoms with Crippen LogP contribution in [-0.2, 0) is 4.74 Å². The van der Waals surface area contributed by atoms with E-state index in [1.165, 1.54) is 12.8 Å². The van der Waals surface area contributed by atoms with Crippen LogP contribution in [0.4, 0.5) is 0 Å². The highest BCUT2D eigenvalue weighted by molar-refractivity contribution is 4.78. The molecule has 0 spiro atoms. The molecule has 0 aromatic rings. The predicted octanol–water partition coefficient (Wildman–Crippen LogP) is 2.03. The Morgan fingerprint density at radius 3 is 2.78 bits per heavy atom. The summed E-state index contributed by atoms with van der Waals surface area (Å²) in [6.07, 6.45) is 4.14. The van der Waals surface area contributed by atoms with Gasteiger partial charge >= 0.3 is 0 Å². The first-order chi connectivity index (χ1) is 4.34. The Hall–Kier alpha value is -0.0400. The third kappa shape index (κ3) is 2.35. The zero-order valence-corrected chi connectivity index (χ0v) is 6.10. The predicted molar refractivity (Wildman–Crippen MR) is 38.1 cm³/mol. The van der Waals surface area contributed by atoms with Gasteiger partial charge in [-0.2, -0.15) is 0 Å². The highest BCUT2D eigenvalue weighted by atomic mass is 16.5. The molecule has 1 heteroatoms. The second-order valence-electron chi connectivity index (χ2n) is 2.77. The molecular formula is C8H15O. The van der Waals surface area contributed by atoms with Crippen LogP contribution >= 0.6 is 0 Å². The van der Waals surface area contributed by atoms with Crippen molar-refractivity contribution in [1.82, 2.24) is 0 Å². The maximum Gasteiger partial charge on any atom is 0.0575 e. The van der Waals surface area contributed by atoms with Gasteiger partial charge in [-0.05, 0) is 32.1 Å². The summed E-state index contributed by atoms with van der Waals surface area (Å²) >= 11 is 0. The second-order valence-corrected chi connectivity index (χ2v) is 2.77. The van der Waals surface area contributed by atoms with Crippen molar-refractivity contribution in [3.8, 4) is 0 Å². The molecule has 1 radical (unpaired) electrons. The lowest BCUT2D eigenvalue weighted by Crippen LogP contribution is -2.10. The van der Waals surface area contributed by atoms with E-state index in [-0.39, 0.29) is 0 Å². The van der Waals surface area contributed by atoms with E-state index in [0.717, 1.165) is 18.9 Å². The molecule has 1 rings (SSSR count). The Kier molecular flexibility index (Phi) is 2.52. The van der Waals surface area contributed by atoms with Crippen molar-refractivity contribution in [2.24, 2.45) is 5.92 Å². The maximum absolute atomic E-state index is 5.45. The third-order valence-corrected chi connectivity index (χ3v) is 1.81. The fourth-order valence-electron chi connectivity index (χ4n) is 0.971. The summed E-state index contributed by atoms with van der Waals surface area (Å²) in [5, 5.41) is 0. The molecule has 0 aromatic heterocycles. The highest BCUT2D eigenvalue weighted by Gasteiger charge is 2.27. The highest BCUT2D eigenvalue weighted by Crippen LogP contribution is 2.33. The molecule has 0 saturated heterocycles. The Balaban J connectivity index is 1.96. The van der Waals surface area contributed by atoms with E-state index in [1.807, 2.05) is 0 Å². The first-order valence-electron chi connectivity index (χ1n) is 3.75. The number of hydrogen-bond donors (Lipinski definition) is 0. The molecule has 0 bridgehead atoms. The molecule has 0 N–H and O–H groups in total. The van der Waals surface area contributed by atoms with Gasteiger partial charge in [-0.1, -0.05) is 6.92 Å². The second kappa shape index (κ2) is 3.21. The van der Waals surface area contributed by atoms with Crippen LogP contribution in [0.1, 0.15) is 26.2 Å². The van der Waals surface area contributed by atoms with E-state index in [2.05, 4.69) is 13.8 Å². The number of ether oxygens (including phenoxy) is 1. The van der Waals surface area contributed by atoms with E-state index in [1.54, 1.807) is 0 Å². The van der Waals surface area contributed by atoms with Crippen LogP contribution < -0.4 is 0 Å². The summed E-state index contributed by atoms with van der Waals surface area (Å²) in [6, 6.07) is 0. The third-order valence-electron chi connectivity index (χ3n) is 1.81. The molecule has 53 valence electrons. The van der Waals surface area contributed by atoms with Gasteiger partial charge in [0.05, 0.1) is 6.10 Å².